The number of unbranched alkanes of at least 4 members (excludes halogenated alkanes) is 1. The lowest BCUT2D eigenvalue weighted by Gasteiger charge is -2.32. The van der Waals surface area contributed by atoms with Gasteiger partial charge in [0.2, 0.25) is 0 Å². The van der Waals surface area contributed by atoms with Crippen LogP contribution in [0.5, 0.6) is 0 Å². The van der Waals surface area contributed by atoms with E-state index in [2.05, 4.69) is 15.5 Å². The number of hydrogen-bond donors (Lipinski definition) is 3. The van der Waals surface area contributed by atoms with Crippen LogP contribution >= 0.6 is 0 Å². The van der Waals surface area contributed by atoms with E-state index in [1.165, 1.54) is 12.1 Å². The highest BCUT2D eigenvalue weighted by atomic mass is 19.1. The molecule has 1 aromatic rings. The van der Waals surface area contributed by atoms with Crippen molar-refractivity contribution in [2.75, 3.05) is 38.1 Å². The van der Waals surface area contributed by atoms with Crippen LogP contribution in [0.25, 0.3) is 0 Å². The van der Waals surface area contributed by atoms with Crippen LogP contribution in [0, 0.1) is 11.7 Å². The molecule has 1 aromatic carbocycles. The number of carbonyl (C=O) groups is 1. The fraction of sp³-hybridized carbons (Fsp3) is 0.588. The number of benzene rings is 1. The third-order valence-corrected chi connectivity index (χ3v) is 4.12. The molecule has 6 heteroatoms. The first-order chi connectivity index (χ1) is 11.2. The maximum atomic E-state index is 13.1. The second-order valence-corrected chi connectivity index (χ2v) is 6.08. The Morgan fingerprint density at radius 1 is 1.39 bits per heavy atom. The van der Waals surface area contributed by atoms with Gasteiger partial charge in [-0.15, -0.1) is 0 Å². The fourth-order valence-electron chi connectivity index (χ4n) is 2.95. The number of aliphatic hydroxyl groups is 1. The van der Waals surface area contributed by atoms with E-state index in [4.69, 9.17) is 5.11 Å². The lowest BCUT2D eigenvalue weighted by molar-refractivity contribution is 0.165. The summed E-state index contributed by atoms with van der Waals surface area (Å²) in [5, 5.41) is 14.3. The first-order valence-electron chi connectivity index (χ1n) is 8.31. The zero-order valence-electron chi connectivity index (χ0n) is 13.4. The predicted octanol–water partition coefficient (Wildman–Crippen LogP) is 2.43. The molecule has 1 aliphatic rings. The Morgan fingerprint density at radius 3 is 3.04 bits per heavy atom. The molecule has 1 saturated heterocycles. The first kappa shape index (κ1) is 17.7. The van der Waals surface area contributed by atoms with Crippen molar-refractivity contribution in [1.29, 1.82) is 0 Å². The van der Waals surface area contributed by atoms with Gasteiger partial charge in [0.05, 0.1) is 0 Å². The molecule has 1 fully saturated rings. The standard InChI is InChI=1S/C17H26FN3O2/c18-15-6-3-7-16(11-15)20-17(23)19-12-14-5-4-9-21(13-14)8-1-2-10-22/h3,6-7,11,14,22H,1-2,4-5,8-10,12-13H2,(H2,19,20,23). The number of likely N-dealkylation sites (tertiary alicyclic amines) is 1. The molecule has 0 spiro atoms. The number of anilines is 1. The molecule has 5 nitrogen and oxygen atoms in total. The van der Waals surface area contributed by atoms with E-state index < -0.39 is 0 Å². The normalized spacial score (nSPS) is 18.6. The van der Waals surface area contributed by atoms with Crippen molar-refractivity contribution in [3.63, 3.8) is 0 Å². The van der Waals surface area contributed by atoms with Gasteiger partial charge in [-0.1, -0.05) is 6.07 Å². The summed E-state index contributed by atoms with van der Waals surface area (Å²) in [6, 6.07) is 5.57. The first-order valence-corrected chi connectivity index (χ1v) is 8.31. The van der Waals surface area contributed by atoms with Crippen LogP contribution in [-0.2, 0) is 0 Å². The zero-order valence-corrected chi connectivity index (χ0v) is 13.4. The summed E-state index contributed by atoms with van der Waals surface area (Å²) in [5.41, 5.74) is 0.455. The Balaban J connectivity index is 1.69. The quantitative estimate of drug-likeness (QED) is 0.675. The second kappa shape index (κ2) is 9.47. The number of amides is 2. The van der Waals surface area contributed by atoms with Crippen LogP contribution in [0.4, 0.5) is 14.9 Å². The number of nitrogens with zero attached hydrogens (tertiary/aromatic N) is 1. The van der Waals surface area contributed by atoms with Gasteiger partial charge in [0.15, 0.2) is 0 Å². The van der Waals surface area contributed by atoms with Crippen molar-refractivity contribution >= 4 is 11.7 Å². The van der Waals surface area contributed by atoms with E-state index in [1.54, 1.807) is 12.1 Å². The van der Waals surface area contributed by atoms with Crippen LogP contribution in [0.2, 0.25) is 0 Å². The molecule has 0 saturated carbocycles. The lowest BCUT2D eigenvalue weighted by Crippen LogP contribution is -2.42. The third-order valence-electron chi connectivity index (χ3n) is 4.12. The molecule has 0 aliphatic carbocycles. The van der Waals surface area contributed by atoms with Crippen LogP contribution in [-0.4, -0.2) is 48.8 Å². The van der Waals surface area contributed by atoms with E-state index in [0.717, 1.165) is 45.3 Å². The molecule has 2 amide bonds. The summed E-state index contributed by atoms with van der Waals surface area (Å²) in [4.78, 5) is 14.3. The number of piperidine rings is 1. The van der Waals surface area contributed by atoms with Crippen molar-refractivity contribution < 1.29 is 14.3 Å². The summed E-state index contributed by atoms with van der Waals surface area (Å²) in [6.45, 7) is 3.95. The van der Waals surface area contributed by atoms with Gasteiger partial charge in [-0.2, -0.15) is 0 Å². The van der Waals surface area contributed by atoms with Crippen molar-refractivity contribution in [3.8, 4) is 0 Å². The van der Waals surface area contributed by atoms with Crippen LogP contribution in [0.1, 0.15) is 25.7 Å². The molecule has 1 heterocycles. The molecule has 1 aliphatic heterocycles. The minimum atomic E-state index is -0.367. The Hall–Kier alpha value is -1.66. The summed E-state index contributed by atoms with van der Waals surface area (Å²) >= 11 is 0. The van der Waals surface area contributed by atoms with Crippen molar-refractivity contribution in [2.24, 2.45) is 5.92 Å². The van der Waals surface area contributed by atoms with Gasteiger partial charge in [0.1, 0.15) is 5.82 Å². The number of halogens is 1. The lowest BCUT2D eigenvalue weighted by atomic mass is 9.98. The average Bonchev–Trinajstić information content (AvgIpc) is 2.54. The topological polar surface area (TPSA) is 64.6 Å². The SMILES string of the molecule is O=C(NCC1CCCN(CCCCO)C1)Nc1cccc(F)c1. The summed E-state index contributed by atoms with van der Waals surface area (Å²) in [6.07, 6.45) is 4.10. The van der Waals surface area contributed by atoms with Gasteiger partial charge < -0.3 is 20.6 Å². The van der Waals surface area contributed by atoms with Crippen molar-refractivity contribution in [3.05, 3.63) is 30.1 Å². The van der Waals surface area contributed by atoms with E-state index in [-0.39, 0.29) is 18.5 Å². The number of nitrogens with one attached hydrogen (secondary N) is 2. The Kier molecular flexibility index (Phi) is 7.29. The molecule has 0 bridgehead atoms. The zero-order chi connectivity index (χ0) is 16.5. The smallest absolute Gasteiger partial charge is 0.319 e. The van der Waals surface area contributed by atoms with Gasteiger partial charge in [-0.05, 0) is 62.9 Å². The highest BCUT2D eigenvalue weighted by molar-refractivity contribution is 5.89. The number of hydrogen-bond acceptors (Lipinski definition) is 3. The van der Waals surface area contributed by atoms with E-state index in [1.807, 2.05) is 0 Å². The van der Waals surface area contributed by atoms with Gasteiger partial charge in [0, 0.05) is 25.4 Å². The molecule has 1 atom stereocenters. The number of carbonyl (C=O) groups excluding carboxylic acids is 1. The number of aliphatic hydroxyl groups excluding tert-OH is 1. The molecule has 128 valence electrons. The highest BCUT2D eigenvalue weighted by Gasteiger charge is 2.19. The molecule has 0 radical (unpaired) electrons. The number of urea groups is 1. The third kappa shape index (κ3) is 6.54. The largest absolute Gasteiger partial charge is 0.396 e. The molecular formula is C17H26FN3O2. The molecule has 1 unspecified atom stereocenters. The maximum absolute atomic E-state index is 13.1. The molecular weight excluding hydrogens is 297 g/mol. The minimum absolute atomic E-state index is 0.249. The summed E-state index contributed by atoms with van der Waals surface area (Å²) in [5.74, 6) is 0.0738. The molecule has 3 N–H and O–H groups in total. The van der Waals surface area contributed by atoms with E-state index in [9.17, 15) is 9.18 Å². The van der Waals surface area contributed by atoms with Crippen LogP contribution < -0.4 is 10.6 Å². The van der Waals surface area contributed by atoms with E-state index >= 15 is 0 Å². The molecule has 2 rings (SSSR count). The molecule has 23 heavy (non-hydrogen) atoms. The highest BCUT2D eigenvalue weighted by Crippen LogP contribution is 2.16. The average molecular weight is 323 g/mol. The number of rotatable bonds is 7. The second-order valence-electron chi connectivity index (χ2n) is 6.08. The van der Waals surface area contributed by atoms with Gasteiger partial charge in [0.25, 0.3) is 0 Å². The molecule has 0 aromatic heterocycles. The minimum Gasteiger partial charge on any atom is -0.396 e. The maximum Gasteiger partial charge on any atom is 0.319 e. The van der Waals surface area contributed by atoms with Crippen LogP contribution in [0.15, 0.2) is 24.3 Å². The van der Waals surface area contributed by atoms with Crippen molar-refractivity contribution in [2.45, 2.75) is 25.7 Å². The fourth-order valence-corrected chi connectivity index (χ4v) is 2.95. The Bertz CT molecular complexity index is 498. The predicted molar refractivity (Wildman–Crippen MR) is 88.9 cm³/mol. The Labute approximate surface area is 136 Å². The van der Waals surface area contributed by atoms with Crippen LogP contribution in [0.3, 0.4) is 0 Å². The summed E-state index contributed by atoms with van der Waals surface area (Å²) in [7, 11) is 0. The van der Waals surface area contributed by atoms with Crippen molar-refractivity contribution in [1.82, 2.24) is 10.2 Å². The summed E-state index contributed by atoms with van der Waals surface area (Å²) < 4.78 is 13.1. The van der Waals surface area contributed by atoms with Gasteiger partial charge >= 0.3 is 6.03 Å². The van der Waals surface area contributed by atoms with Gasteiger partial charge in [-0.3, -0.25) is 0 Å². The monoisotopic (exact) mass is 323 g/mol. The van der Waals surface area contributed by atoms with Gasteiger partial charge in [-0.25, -0.2) is 9.18 Å². The van der Waals surface area contributed by atoms with E-state index in [0.29, 0.717) is 18.2 Å². The Morgan fingerprint density at radius 2 is 2.26 bits per heavy atom.